The second-order valence-electron chi connectivity index (χ2n) is 5.84. The van der Waals surface area contributed by atoms with Crippen LogP contribution in [0.5, 0.6) is 0 Å². The van der Waals surface area contributed by atoms with E-state index in [0.29, 0.717) is 0 Å². The summed E-state index contributed by atoms with van der Waals surface area (Å²) in [6.07, 6.45) is 6.70. The number of aromatic amines is 1. The normalized spacial score (nSPS) is 21.6. The second-order valence-corrected chi connectivity index (χ2v) is 6.21. The molecule has 0 unspecified atom stereocenters. The Morgan fingerprint density at radius 2 is 1.95 bits per heavy atom. The first-order chi connectivity index (χ1) is 9.74. The number of likely N-dealkylation sites (tertiary alicyclic amines) is 1. The van der Waals surface area contributed by atoms with Gasteiger partial charge in [-0.3, -0.25) is 4.79 Å². The summed E-state index contributed by atoms with van der Waals surface area (Å²) in [6.45, 7) is 5.69. The van der Waals surface area contributed by atoms with Crippen LogP contribution in [0.3, 0.4) is 0 Å². The molecule has 3 heterocycles. The van der Waals surface area contributed by atoms with Crippen molar-refractivity contribution in [3.8, 4) is 0 Å². The van der Waals surface area contributed by atoms with Gasteiger partial charge in [0.2, 0.25) is 0 Å². The van der Waals surface area contributed by atoms with Crippen LogP contribution in [0, 0.1) is 5.92 Å². The molecule has 0 radical (unpaired) electrons. The van der Waals surface area contributed by atoms with Crippen LogP contribution in [0.4, 0.5) is 5.69 Å². The number of hydrogen-bond acceptors (Lipinski definition) is 4. The Labute approximate surface area is 123 Å². The van der Waals surface area contributed by atoms with Crippen LogP contribution in [-0.4, -0.2) is 47.8 Å². The van der Waals surface area contributed by atoms with Gasteiger partial charge in [-0.25, -0.2) is 5.10 Å². The molecule has 0 aliphatic carbocycles. The van der Waals surface area contributed by atoms with Crippen LogP contribution < -0.4 is 10.5 Å². The highest BCUT2D eigenvalue weighted by Gasteiger charge is 2.24. The molecule has 0 aromatic carbocycles. The van der Waals surface area contributed by atoms with Crippen LogP contribution in [0.1, 0.15) is 25.7 Å². The predicted octanol–water partition coefficient (Wildman–Crippen LogP) is 1.74. The second kappa shape index (κ2) is 6.14. The highest BCUT2D eigenvalue weighted by atomic mass is 35.5. The zero-order valence-electron chi connectivity index (χ0n) is 11.6. The molecule has 0 atom stereocenters. The first kappa shape index (κ1) is 13.9. The molecule has 1 aromatic heterocycles. The lowest BCUT2D eigenvalue weighted by atomic mass is 9.96. The molecule has 6 heteroatoms. The predicted molar refractivity (Wildman–Crippen MR) is 80.5 cm³/mol. The van der Waals surface area contributed by atoms with Crippen LogP contribution in [0.25, 0.3) is 0 Å². The fraction of sp³-hybridized carbons (Fsp3) is 0.714. The molecule has 2 saturated heterocycles. The minimum atomic E-state index is -0.302. The monoisotopic (exact) mass is 296 g/mol. The number of nitrogens with zero attached hydrogens (tertiary/aromatic N) is 3. The SMILES string of the molecule is O=c1[nH]ncc(N2CCC(CN3CCCC3)CC2)c1Cl. The van der Waals surface area contributed by atoms with Crippen molar-refractivity contribution < 1.29 is 0 Å². The van der Waals surface area contributed by atoms with Gasteiger partial charge in [-0.2, -0.15) is 5.10 Å². The zero-order valence-corrected chi connectivity index (χ0v) is 12.4. The highest BCUT2D eigenvalue weighted by molar-refractivity contribution is 6.32. The van der Waals surface area contributed by atoms with E-state index in [2.05, 4.69) is 20.0 Å². The summed E-state index contributed by atoms with van der Waals surface area (Å²) in [7, 11) is 0. The maximum absolute atomic E-state index is 11.5. The average molecular weight is 297 g/mol. The molecule has 0 saturated carbocycles. The van der Waals surface area contributed by atoms with Gasteiger partial charge >= 0.3 is 0 Å². The number of hydrogen-bond donors (Lipinski definition) is 1. The van der Waals surface area contributed by atoms with E-state index >= 15 is 0 Å². The lowest BCUT2D eigenvalue weighted by molar-refractivity contribution is 0.249. The van der Waals surface area contributed by atoms with Crippen LogP contribution in [0.15, 0.2) is 11.0 Å². The van der Waals surface area contributed by atoms with Crippen molar-refractivity contribution in [2.75, 3.05) is 37.6 Å². The summed E-state index contributed by atoms with van der Waals surface area (Å²) < 4.78 is 0. The molecule has 5 nitrogen and oxygen atoms in total. The summed E-state index contributed by atoms with van der Waals surface area (Å²) >= 11 is 6.07. The number of halogens is 1. The number of H-pyrrole nitrogens is 1. The lowest BCUT2D eigenvalue weighted by Gasteiger charge is -2.35. The Hall–Kier alpha value is -1.07. The first-order valence-corrected chi connectivity index (χ1v) is 7.82. The largest absolute Gasteiger partial charge is 0.369 e. The molecular weight excluding hydrogens is 276 g/mol. The van der Waals surface area contributed by atoms with Crippen molar-refractivity contribution in [3.05, 3.63) is 21.6 Å². The fourth-order valence-corrected chi connectivity index (χ4v) is 3.49. The Morgan fingerprint density at radius 1 is 1.25 bits per heavy atom. The third-order valence-electron chi connectivity index (χ3n) is 4.45. The topological polar surface area (TPSA) is 52.2 Å². The molecule has 2 aliphatic heterocycles. The van der Waals surface area contributed by atoms with Crippen LogP contribution in [-0.2, 0) is 0 Å². The minimum absolute atomic E-state index is 0.262. The van der Waals surface area contributed by atoms with Gasteiger partial charge in [0.1, 0.15) is 5.02 Å². The van der Waals surface area contributed by atoms with Gasteiger partial charge < -0.3 is 9.80 Å². The van der Waals surface area contributed by atoms with E-state index in [1.54, 1.807) is 6.20 Å². The molecule has 0 spiro atoms. The van der Waals surface area contributed by atoms with E-state index in [4.69, 9.17) is 11.6 Å². The van der Waals surface area contributed by atoms with Crippen molar-refractivity contribution in [1.29, 1.82) is 0 Å². The first-order valence-electron chi connectivity index (χ1n) is 7.44. The Morgan fingerprint density at radius 3 is 2.65 bits per heavy atom. The molecule has 0 bridgehead atoms. The van der Waals surface area contributed by atoms with Gasteiger partial charge in [-0.15, -0.1) is 0 Å². The van der Waals surface area contributed by atoms with E-state index < -0.39 is 0 Å². The third-order valence-corrected chi connectivity index (χ3v) is 4.81. The molecule has 0 amide bonds. The Kier molecular flexibility index (Phi) is 4.27. The maximum Gasteiger partial charge on any atom is 0.285 e. The number of anilines is 1. The Bertz CT molecular complexity index is 504. The quantitative estimate of drug-likeness (QED) is 0.923. The number of rotatable bonds is 3. The third kappa shape index (κ3) is 2.99. The molecule has 1 aromatic rings. The van der Waals surface area contributed by atoms with Gasteiger partial charge in [0.25, 0.3) is 5.56 Å². The van der Waals surface area contributed by atoms with Gasteiger partial charge in [-0.05, 0) is 44.7 Å². The van der Waals surface area contributed by atoms with Gasteiger partial charge in [-0.1, -0.05) is 11.6 Å². The zero-order chi connectivity index (χ0) is 13.9. The molecule has 1 N–H and O–H groups in total. The van der Waals surface area contributed by atoms with E-state index in [1.165, 1.54) is 45.3 Å². The van der Waals surface area contributed by atoms with Crippen molar-refractivity contribution in [3.63, 3.8) is 0 Å². The summed E-state index contributed by atoms with van der Waals surface area (Å²) in [4.78, 5) is 16.3. The van der Waals surface area contributed by atoms with E-state index in [-0.39, 0.29) is 10.6 Å². The maximum atomic E-state index is 11.5. The highest BCUT2D eigenvalue weighted by Crippen LogP contribution is 2.27. The van der Waals surface area contributed by atoms with Gasteiger partial charge in [0.15, 0.2) is 0 Å². The summed E-state index contributed by atoms with van der Waals surface area (Å²) in [5, 5.41) is 6.48. The molecule has 110 valence electrons. The minimum Gasteiger partial charge on any atom is -0.369 e. The Balaban J connectivity index is 1.58. The van der Waals surface area contributed by atoms with Crippen molar-refractivity contribution in [1.82, 2.24) is 15.1 Å². The van der Waals surface area contributed by atoms with Crippen LogP contribution in [0.2, 0.25) is 5.02 Å². The molecule has 20 heavy (non-hydrogen) atoms. The van der Waals surface area contributed by atoms with Crippen LogP contribution >= 0.6 is 11.6 Å². The van der Waals surface area contributed by atoms with E-state index in [0.717, 1.165) is 24.7 Å². The van der Waals surface area contributed by atoms with E-state index in [9.17, 15) is 4.79 Å². The van der Waals surface area contributed by atoms with Crippen molar-refractivity contribution in [2.45, 2.75) is 25.7 Å². The number of piperidine rings is 1. The van der Waals surface area contributed by atoms with Gasteiger partial charge in [0.05, 0.1) is 11.9 Å². The number of aromatic nitrogens is 2. The summed E-state index contributed by atoms with van der Waals surface area (Å²) in [6, 6.07) is 0. The van der Waals surface area contributed by atoms with E-state index in [1.807, 2.05) is 0 Å². The molecule has 2 fully saturated rings. The number of nitrogens with one attached hydrogen (secondary N) is 1. The lowest BCUT2D eigenvalue weighted by Crippen LogP contribution is -2.38. The summed E-state index contributed by atoms with van der Waals surface area (Å²) in [5.74, 6) is 0.776. The van der Waals surface area contributed by atoms with Gasteiger partial charge in [0, 0.05) is 19.6 Å². The fourth-order valence-electron chi connectivity index (χ4n) is 3.28. The van der Waals surface area contributed by atoms with Crippen molar-refractivity contribution in [2.24, 2.45) is 5.92 Å². The van der Waals surface area contributed by atoms with Crippen molar-refractivity contribution >= 4 is 17.3 Å². The summed E-state index contributed by atoms with van der Waals surface area (Å²) in [5.41, 5.74) is 0.471. The molecule has 3 rings (SSSR count). The molecule has 2 aliphatic rings. The standard InChI is InChI=1S/C14H21ClN4O/c15-13-12(9-16-17-14(13)20)19-7-3-11(4-8-19)10-18-5-1-2-6-18/h9,11H,1-8,10H2,(H,17,20). The average Bonchev–Trinajstić information content (AvgIpc) is 2.96. The molecular formula is C14H21ClN4O. The smallest absolute Gasteiger partial charge is 0.285 e.